The van der Waals surface area contributed by atoms with E-state index < -0.39 is 9.84 Å². The molecule has 1 atom stereocenters. The highest BCUT2D eigenvalue weighted by atomic mass is 32.2. The van der Waals surface area contributed by atoms with Crippen molar-refractivity contribution < 1.29 is 8.42 Å². The molecule has 0 fully saturated rings. The fourth-order valence-corrected chi connectivity index (χ4v) is 4.97. The summed E-state index contributed by atoms with van der Waals surface area (Å²) in [5.41, 5.74) is 1.58. The van der Waals surface area contributed by atoms with Crippen LogP contribution in [0, 0.1) is 17.6 Å². The van der Waals surface area contributed by atoms with Gasteiger partial charge >= 0.3 is 0 Å². The number of thioether (sulfide) groups is 1. The van der Waals surface area contributed by atoms with Gasteiger partial charge in [-0.05, 0) is 35.9 Å². The Morgan fingerprint density at radius 1 is 1.10 bits per heavy atom. The van der Waals surface area contributed by atoms with E-state index in [4.69, 9.17) is 5.26 Å². The van der Waals surface area contributed by atoms with Crippen molar-refractivity contribution >= 4 is 21.6 Å². The first kappa shape index (κ1) is 15.6. The Morgan fingerprint density at radius 2 is 1.71 bits per heavy atom. The molecule has 0 saturated carbocycles. The summed E-state index contributed by atoms with van der Waals surface area (Å²) in [4.78, 5) is 0.337. The maximum Gasteiger partial charge on any atom is 0.180 e. The minimum Gasteiger partial charge on any atom is -0.224 e. The fraction of sp³-hybridized carbons (Fsp3) is 0.188. The molecule has 0 aliphatic carbocycles. The summed E-state index contributed by atoms with van der Waals surface area (Å²) in [5.74, 6) is -0.0832. The van der Waals surface area contributed by atoms with Gasteiger partial charge < -0.3 is 0 Å². The van der Waals surface area contributed by atoms with E-state index in [1.807, 2.05) is 41.8 Å². The van der Waals surface area contributed by atoms with Crippen LogP contribution in [-0.4, -0.2) is 14.2 Å². The number of rotatable bonds is 5. The summed E-state index contributed by atoms with van der Waals surface area (Å²) in [6.45, 7) is 1.78. The molecule has 2 rings (SSSR count). The van der Waals surface area contributed by atoms with Gasteiger partial charge in [-0.15, -0.1) is 0 Å². The van der Waals surface area contributed by atoms with Crippen LogP contribution in [0.4, 0.5) is 0 Å². The van der Waals surface area contributed by atoms with Gasteiger partial charge in [0.15, 0.2) is 9.84 Å². The first-order chi connectivity index (χ1) is 10.0. The monoisotopic (exact) mass is 317 g/mol. The van der Waals surface area contributed by atoms with Crippen LogP contribution in [0.15, 0.2) is 59.5 Å². The van der Waals surface area contributed by atoms with Crippen LogP contribution in [0.5, 0.6) is 0 Å². The predicted molar refractivity (Wildman–Crippen MR) is 85.6 cm³/mol. The zero-order valence-electron chi connectivity index (χ0n) is 11.6. The summed E-state index contributed by atoms with van der Waals surface area (Å²) in [7, 11) is -3.43. The smallest absolute Gasteiger partial charge is 0.180 e. The number of benzene rings is 2. The van der Waals surface area contributed by atoms with Gasteiger partial charge in [-0.3, -0.25) is 0 Å². The van der Waals surface area contributed by atoms with E-state index in [-0.39, 0.29) is 11.0 Å². The number of hydrogen-bond donors (Lipinski definition) is 0. The van der Waals surface area contributed by atoms with E-state index in [0.717, 1.165) is 22.9 Å². The zero-order valence-corrected chi connectivity index (χ0v) is 13.2. The average Bonchev–Trinajstić information content (AvgIpc) is 2.48. The Morgan fingerprint density at radius 3 is 2.33 bits per heavy atom. The van der Waals surface area contributed by atoms with Crippen LogP contribution in [0.2, 0.25) is 0 Å². The van der Waals surface area contributed by atoms with Crippen molar-refractivity contribution in [3.05, 3.63) is 65.7 Å². The molecular formula is C16H15NO2S2. The molecule has 0 aliphatic rings. The van der Waals surface area contributed by atoms with Crippen molar-refractivity contribution in [2.24, 2.45) is 0 Å². The zero-order chi connectivity index (χ0) is 15.3. The third-order valence-electron chi connectivity index (χ3n) is 3.17. The molecule has 0 aliphatic heterocycles. The van der Waals surface area contributed by atoms with Gasteiger partial charge in [0, 0.05) is 0 Å². The normalized spacial score (nSPS) is 12.6. The quantitative estimate of drug-likeness (QED) is 0.789. The SMILES string of the molecule is Cc1ccccc1S(=O)(=O)CC(SC#N)c1ccccc1. The van der Waals surface area contributed by atoms with Crippen molar-refractivity contribution in [2.75, 3.05) is 5.75 Å². The topological polar surface area (TPSA) is 57.9 Å². The summed E-state index contributed by atoms with van der Waals surface area (Å²) < 4.78 is 25.2. The Labute approximate surface area is 129 Å². The minimum atomic E-state index is -3.43. The molecule has 0 bridgehead atoms. The molecule has 0 N–H and O–H groups in total. The Hall–Kier alpha value is -1.77. The summed E-state index contributed by atoms with van der Waals surface area (Å²) in [6.07, 6.45) is 0. The fourth-order valence-electron chi connectivity index (χ4n) is 2.12. The lowest BCUT2D eigenvalue weighted by atomic mass is 10.2. The van der Waals surface area contributed by atoms with Gasteiger partial charge in [0.25, 0.3) is 0 Å². The van der Waals surface area contributed by atoms with Gasteiger partial charge in [-0.25, -0.2) is 8.42 Å². The van der Waals surface area contributed by atoms with Gasteiger partial charge in [-0.1, -0.05) is 48.5 Å². The number of hydrogen-bond acceptors (Lipinski definition) is 4. The lowest BCUT2D eigenvalue weighted by Gasteiger charge is -2.14. The number of thiocyanates is 1. The lowest BCUT2D eigenvalue weighted by molar-refractivity contribution is 0.594. The summed E-state index contributed by atoms with van der Waals surface area (Å²) >= 11 is 0.983. The molecule has 2 aromatic carbocycles. The van der Waals surface area contributed by atoms with E-state index in [2.05, 4.69) is 0 Å². The van der Waals surface area contributed by atoms with E-state index >= 15 is 0 Å². The maximum absolute atomic E-state index is 12.6. The van der Waals surface area contributed by atoms with E-state index in [1.54, 1.807) is 25.1 Å². The summed E-state index contributed by atoms with van der Waals surface area (Å²) in [6, 6.07) is 16.2. The van der Waals surface area contributed by atoms with Crippen LogP contribution >= 0.6 is 11.8 Å². The van der Waals surface area contributed by atoms with Gasteiger partial charge in [0.05, 0.1) is 15.9 Å². The Kier molecular flexibility index (Phi) is 5.05. The molecule has 108 valence electrons. The van der Waals surface area contributed by atoms with Crippen molar-refractivity contribution in [1.29, 1.82) is 5.26 Å². The van der Waals surface area contributed by atoms with Crippen LogP contribution in [0.1, 0.15) is 16.4 Å². The molecular weight excluding hydrogens is 302 g/mol. The second-order valence-electron chi connectivity index (χ2n) is 4.66. The van der Waals surface area contributed by atoms with E-state index in [1.165, 1.54) is 0 Å². The van der Waals surface area contributed by atoms with Crippen molar-refractivity contribution in [3.63, 3.8) is 0 Å². The van der Waals surface area contributed by atoms with Crippen molar-refractivity contribution in [2.45, 2.75) is 17.1 Å². The van der Waals surface area contributed by atoms with Crippen LogP contribution in [0.3, 0.4) is 0 Å². The van der Waals surface area contributed by atoms with Crippen LogP contribution in [-0.2, 0) is 9.84 Å². The Bertz CT molecular complexity index is 749. The largest absolute Gasteiger partial charge is 0.224 e. The van der Waals surface area contributed by atoms with E-state index in [0.29, 0.717) is 4.90 Å². The maximum atomic E-state index is 12.6. The van der Waals surface area contributed by atoms with Crippen molar-refractivity contribution in [3.8, 4) is 5.40 Å². The summed E-state index contributed by atoms with van der Waals surface area (Å²) in [5, 5.41) is 10.6. The molecule has 0 aromatic heterocycles. The van der Waals surface area contributed by atoms with Crippen LogP contribution in [0.25, 0.3) is 0 Å². The Balaban J connectivity index is 2.33. The highest BCUT2D eigenvalue weighted by Crippen LogP contribution is 2.31. The molecule has 0 spiro atoms. The number of sulfone groups is 1. The molecule has 0 saturated heterocycles. The molecule has 21 heavy (non-hydrogen) atoms. The van der Waals surface area contributed by atoms with Gasteiger partial charge in [0.1, 0.15) is 5.40 Å². The van der Waals surface area contributed by atoms with Gasteiger partial charge in [0.2, 0.25) is 0 Å². The number of nitriles is 1. The highest BCUT2D eigenvalue weighted by Gasteiger charge is 2.24. The highest BCUT2D eigenvalue weighted by molar-refractivity contribution is 8.04. The average molecular weight is 317 g/mol. The third-order valence-corrected chi connectivity index (χ3v) is 6.11. The molecule has 3 nitrogen and oxygen atoms in total. The molecule has 5 heteroatoms. The molecule has 2 aromatic rings. The number of aryl methyl sites for hydroxylation is 1. The van der Waals surface area contributed by atoms with E-state index in [9.17, 15) is 8.42 Å². The minimum absolute atomic E-state index is 0.0832. The van der Waals surface area contributed by atoms with Gasteiger partial charge in [-0.2, -0.15) is 5.26 Å². The van der Waals surface area contributed by atoms with Crippen molar-refractivity contribution in [1.82, 2.24) is 0 Å². The number of nitrogens with zero attached hydrogens (tertiary/aromatic N) is 1. The van der Waals surface area contributed by atoms with Crippen LogP contribution < -0.4 is 0 Å². The molecule has 1 unspecified atom stereocenters. The first-order valence-electron chi connectivity index (χ1n) is 6.42. The lowest BCUT2D eigenvalue weighted by Crippen LogP contribution is -2.14. The predicted octanol–water partition coefficient (Wildman–Crippen LogP) is 3.72. The second-order valence-corrected chi connectivity index (χ2v) is 7.65. The second kappa shape index (κ2) is 6.79. The molecule has 0 amide bonds. The molecule has 0 radical (unpaired) electrons. The molecule has 0 heterocycles. The third kappa shape index (κ3) is 3.87. The standard InChI is InChI=1S/C16H15NO2S2/c1-13-7-5-6-10-16(13)21(18,19)11-15(20-12-17)14-8-3-2-4-9-14/h2-10,15H,11H2,1H3. The first-order valence-corrected chi connectivity index (χ1v) is 8.96.